The van der Waals surface area contributed by atoms with Crippen LogP contribution < -0.4 is 0 Å². The van der Waals surface area contributed by atoms with E-state index in [-0.39, 0.29) is 0 Å². The second-order valence-electron chi connectivity index (χ2n) is 4.65. The SMILES string of the molecule is CCCCCCCCCCCC([Se])CC. The van der Waals surface area contributed by atoms with Crippen LogP contribution in [0.5, 0.6) is 0 Å². The minimum atomic E-state index is 0.828. The van der Waals surface area contributed by atoms with Gasteiger partial charge in [0, 0.05) is 0 Å². The zero-order valence-electron chi connectivity index (χ0n) is 10.8. The molecule has 0 aliphatic rings. The molecule has 0 nitrogen and oxygen atoms in total. The van der Waals surface area contributed by atoms with Crippen molar-refractivity contribution in [3.63, 3.8) is 0 Å². The van der Waals surface area contributed by atoms with Gasteiger partial charge in [-0.05, 0) is 0 Å². The van der Waals surface area contributed by atoms with Gasteiger partial charge in [-0.1, -0.05) is 0 Å². The summed E-state index contributed by atoms with van der Waals surface area (Å²) in [5, 5.41) is 0. The van der Waals surface area contributed by atoms with Crippen molar-refractivity contribution in [2.45, 2.75) is 89.3 Å². The maximum atomic E-state index is 3.25. The van der Waals surface area contributed by atoms with Gasteiger partial charge < -0.3 is 0 Å². The van der Waals surface area contributed by atoms with E-state index in [0.29, 0.717) is 0 Å². The minimum absolute atomic E-state index is 0.828. The van der Waals surface area contributed by atoms with Crippen LogP contribution in [0.2, 0.25) is 4.82 Å². The third-order valence-electron chi connectivity index (χ3n) is 3.08. The molecule has 0 saturated heterocycles. The molecular weight excluding hydrogens is 247 g/mol. The quantitative estimate of drug-likeness (QED) is 0.356. The zero-order valence-corrected chi connectivity index (χ0v) is 12.5. The van der Waals surface area contributed by atoms with E-state index in [1.165, 1.54) is 70.6 Å². The Labute approximate surface area is 105 Å². The first-order chi connectivity index (χ1) is 7.31. The molecule has 1 radical (unpaired) electrons. The molecule has 15 heavy (non-hydrogen) atoms. The van der Waals surface area contributed by atoms with Crippen LogP contribution in [0.3, 0.4) is 0 Å². The summed E-state index contributed by atoms with van der Waals surface area (Å²) in [6.45, 7) is 4.56. The number of unbranched alkanes of at least 4 members (excludes halogenated alkanes) is 8. The monoisotopic (exact) mass is 277 g/mol. The average molecular weight is 276 g/mol. The summed E-state index contributed by atoms with van der Waals surface area (Å²) < 4.78 is 0. The van der Waals surface area contributed by atoms with Gasteiger partial charge in [0.2, 0.25) is 0 Å². The molecule has 0 spiro atoms. The molecule has 0 aliphatic carbocycles. The topological polar surface area (TPSA) is 0 Å². The third-order valence-corrected chi connectivity index (χ3v) is 4.28. The first-order valence-corrected chi connectivity index (χ1v) is 7.96. The molecular formula is C14H29Se. The zero-order chi connectivity index (χ0) is 11.4. The molecule has 0 aliphatic heterocycles. The van der Waals surface area contributed by atoms with Crippen molar-refractivity contribution < 1.29 is 0 Å². The van der Waals surface area contributed by atoms with Gasteiger partial charge in [0.1, 0.15) is 0 Å². The van der Waals surface area contributed by atoms with E-state index >= 15 is 0 Å². The predicted octanol–water partition coefficient (Wildman–Crippen LogP) is 5.27. The number of hydrogen-bond donors (Lipinski definition) is 0. The molecule has 0 bridgehead atoms. The van der Waals surface area contributed by atoms with Crippen LogP contribution in [0.15, 0.2) is 0 Å². The van der Waals surface area contributed by atoms with Crippen LogP contribution in [-0.4, -0.2) is 16.0 Å². The molecule has 0 fully saturated rings. The van der Waals surface area contributed by atoms with Crippen LogP contribution in [0.1, 0.15) is 84.5 Å². The molecule has 0 aromatic heterocycles. The fraction of sp³-hybridized carbons (Fsp3) is 1.00. The molecule has 0 rings (SSSR count). The molecule has 91 valence electrons. The number of hydrogen-bond acceptors (Lipinski definition) is 0. The summed E-state index contributed by atoms with van der Waals surface area (Å²) in [5.74, 6) is 0. The second-order valence-corrected chi connectivity index (χ2v) is 6.05. The summed E-state index contributed by atoms with van der Waals surface area (Å²) in [6, 6.07) is 0. The molecule has 0 heterocycles. The standard InChI is InChI=1S/C14H29Se/c1-3-5-6-7-8-9-10-11-12-13-14(15)4-2/h14H,3-13H2,1-2H3. The van der Waals surface area contributed by atoms with Gasteiger partial charge in [-0.25, -0.2) is 0 Å². The summed E-state index contributed by atoms with van der Waals surface area (Å²) in [6.07, 6.45) is 15.7. The van der Waals surface area contributed by atoms with Crippen molar-refractivity contribution in [3.8, 4) is 0 Å². The van der Waals surface area contributed by atoms with Crippen molar-refractivity contribution in [2.24, 2.45) is 0 Å². The van der Waals surface area contributed by atoms with E-state index in [1.54, 1.807) is 0 Å². The molecule has 0 aromatic carbocycles. The van der Waals surface area contributed by atoms with Gasteiger partial charge in [0.15, 0.2) is 0 Å². The van der Waals surface area contributed by atoms with Crippen LogP contribution in [0.25, 0.3) is 0 Å². The van der Waals surface area contributed by atoms with Crippen LogP contribution in [-0.2, 0) is 0 Å². The Bertz CT molecular complexity index is 112. The average Bonchev–Trinajstić information content (AvgIpc) is 2.26. The number of rotatable bonds is 11. The molecule has 1 unspecified atom stereocenters. The van der Waals surface area contributed by atoms with Crippen LogP contribution in [0, 0.1) is 0 Å². The third kappa shape index (κ3) is 12.5. The molecule has 1 heteroatoms. The van der Waals surface area contributed by atoms with E-state index in [9.17, 15) is 0 Å². The van der Waals surface area contributed by atoms with Crippen molar-refractivity contribution >= 4 is 16.0 Å². The maximum absolute atomic E-state index is 3.25. The van der Waals surface area contributed by atoms with Gasteiger partial charge in [0.05, 0.1) is 0 Å². The van der Waals surface area contributed by atoms with Gasteiger partial charge in [-0.3, -0.25) is 0 Å². The molecule has 0 amide bonds. The Balaban J connectivity index is 2.92. The summed E-state index contributed by atoms with van der Waals surface area (Å²) in [7, 11) is 0. The van der Waals surface area contributed by atoms with Gasteiger partial charge in [-0.15, -0.1) is 0 Å². The van der Waals surface area contributed by atoms with Gasteiger partial charge >= 0.3 is 105 Å². The fourth-order valence-corrected chi connectivity index (χ4v) is 2.24. The van der Waals surface area contributed by atoms with E-state index in [0.717, 1.165) is 4.82 Å². The Kier molecular flexibility index (Phi) is 13.0. The van der Waals surface area contributed by atoms with Crippen molar-refractivity contribution in [1.82, 2.24) is 0 Å². The Hall–Kier alpha value is 0.519. The molecule has 0 N–H and O–H groups in total. The van der Waals surface area contributed by atoms with Gasteiger partial charge in [-0.2, -0.15) is 0 Å². The Morgan fingerprint density at radius 2 is 1.20 bits per heavy atom. The summed E-state index contributed by atoms with van der Waals surface area (Å²) >= 11 is 3.25. The van der Waals surface area contributed by atoms with E-state index in [4.69, 9.17) is 0 Å². The van der Waals surface area contributed by atoms with Crippen molar-refractivity contribution in [2.75, 3.05) is 0 Å². The van der Waals surface area contributed by atoms with Gasteiger partial charge in [0.25, 0.3) is 0 Å². The first kappa shape index (κ1) is 15.5. The molecule has 0 aromatic rings. The summed E-state index contributed by atoms with van der Waals surface area (Å²) in [5.41, 5.74) is 0. The summed E-state index contributed by atoms with van der Waals surface area (Å²) in [4.78, 5) is 0.828. The molecule has 0 saturated carbocycles. The van der Waals surface area contributed by atoms with E-state index in [2.05, 4.69) is 29.9 Å². The van der Waals surface area contributed by atoms with Crippen molar-refractivity contribution in [1.29, 1.82) is 0 Å². The Morgan fingerprint density at radius 3 is 1.67 bits per heavy atom. The van der Waals surface area contributed by atoms with E-state index in [1.807, 2.05) is 0 Å². The van der Waals surface area contributed by atoms with Crippen molar-refractivity contribution in [3.05, 3.63) is 0 Å². The Morgan fingerprint density at radius 1 is 0.733 bits per heavy atom. The second kappa shape index (κ2) is 12.6. The van der Waals surface area contributed by atoms with Crippen LogP contribution in [0.4, 0.5) is 0 Å². The molecule has 1 atom stereocenters. The normalized spacial score (nSPS) is 13.0. The fourth-order valence-electron chi connectivity index (χ4n) is 1.89. The predicted molar refractivity (Wildman–Crippen MR) is 71.6 cm³/mol. The first-order valence-electron chi connectivity index (χ1n) is 6.97. The van der Waals surface area contributed by atoms with E-state index < -0.39 is 0 Å². The van der Waals surface area contributed by atoms with Crippen LogP contribution >= 0.6 is 0 Å².